The SMILES string of the molecule is COc1ccnc(N2CCC(C(=O)Nc3ncnc4[nH]c(C)c(C)c34)CC2)n1. The van der Waals surface area contributed by atoms with Crippen molar-refractivity contribution in [2.45, 2.75) is 26.7 Å². The van der Waals surface area contributed by atoms with Crippen molar-refractivity contribution in [2.75, 3.05) is 30.4 Å². The highest BCUT2D eigenvalue weighted by atomic mass is 16.5. The van der Waals surface area contributed by atoms with Gasteiger partial charge in [0.05, 0.1) is 12.5 Å². The van der Waals surface area contributed by atoms with Crippen molar-refractivity contribution >= 4 is 28.7 Å². The molecule has 28 heavy (non-hydrogen) atoms. The first kappa shape index (κ1) is 18.1. The molecule has 0 bridgehead atoms. The van der Waals surface area contributed by atoms with E-state index < -0.39 is 0 Å². The second-order valence-electron chi connectivity index (χ2n) is 6.97. The summed E-state index contributed by atoms with van der Waals surface area (Å²) in [6.07, 6.45) is 4.61. The van der Waals surface area contributed by atoms with Crippen molar-refractivity contribution in [1.29, 1.82) is 0 Å². The molecule has 1 amide bonds. The third kappa shape index (κ3) is 3.35. The van der Waals surface area contributed by atoms with Gasteiger partial charge >= 0.3 is 0 Å². The molecule has 3 aromatic rings. The second kappa shape index (κ2) is 7.41. The maximum Gasteiger partial charge on any atom is 0.228 e. The molecule has 0 aromatic carbocycles. The van der Waals surface area contributed by atoms with Gasteiger partial charge in [-0.1, -0.05) is 0 Å². The van der Waals surface area contributed by atoms with Crippen LogP contribution in [-0.4, -0.2) is 51.0 Å². The Balaban J connectivity index is 1.43. The van der Waals surface area contributed by atoms with Crippen LogP contribution >= 0.6 is 0 Å². The van der Waals surface area contributed by atoms with Crippen molar-refractivity contribution < 1.29 is 9.53 Å². The maximum atomic E-state index is 12.8. The standard InChI is InChI=1S/C19H23N7O2/c1-11-12(2)23-16-15(11)17(22-10-21-16)25-18(27)13-5-8-26(9-6-13)19-20-7-4-14(24-19)28-3/h4,7,10,13H,5-6,8-9H2,1-3H3,(H2,21,22,23,25,27). The molecule has 1 fully saturated rings. The van der Waals surface area contributed by atoms with E-state index in [1.807, 2.05) is 13.8 Å². The van der Waals surface area contributed by atoms with Crippen LogP contribution in [0.1, 0.15) is 24.1 Å². The molecule has 1 aliphatic heterocycles. The molecule has 9 heteroatoms. The van der Waals surface area contributed by atoms with Gasteiger partial charge in [0, 0.05) is 37.0 Å². The number of carbonyl (C=O) groups is 1. The van der Waals surface area contributed by atoms with E-state index in [0.29, 0.717) is 30.7 Å². The molecule has 0 spiro atoms. The molecule has 146 valence electrons. The highest BCUT2D eigenvalue weighted by molar-refractivity contribution is 6.01. The van der Waals surface area contributed by atoms with Crippen LogP contribution < -0.4 is 15.0 Å². The molecular formula is C19H23N7O2. The van der Waals surface area contributed by atoms with E-state index in [9.17, 15) is 4.79 Å². The number of H-pyrrole nitrogens is 1. The van der Waals surface area contributed by atoms with E-state index in [1.54, 1.807) is 19.4 Å². The zero-order valence-corrected chi connectivity index (χ0v) is 16.2. The number of hydrogen-bond acceptors (Lipinski definition) is 7. The summed E-state index contributed by atoms with van der Waals surface area (Å²) in [4.78, 5) is 35.3. The molecule has 0 aliphatic carbocycles. The van der Waals surface area contributed by atoms with Gasteiger partial charge in [0.15, 0.2) is 0 Å². The predicted octanol–water partition coefficient (Wildman–Crippen LogP) is 2.23. The number of amides is 1. The molecule has 0 atom stereocenters. The quantitative estimate of drug-likeness (QED) is 0.713. The molecule has 0 saturated carbocycles. The van der Waals surface area contributed by atoms with Crippen LogP contribution in [-0.2, 0) is 4.79 Å². The van der Waals surface area contributed by atoms with Crippen molar-refractivity contribution in [1.82, 2.24) is 24.9 Å². The smallest absolute Gasteiger partial charge is 0.228 e. The average molecular weight is 381 g/mol. The lowest BCUT2D eigenvalue weighted by molar-refractivity contribution is -0.120. The monoisotopic (exact) mass is 381 g/mol. The normalized spacial score (nSPS) is 15.0. The topological polar surface area (TPSA) is 109 Å². The number of fused-ring (bicyclic) bond motifs is 1. The highest BCUT2D eigenvalue weighted by Crippen LogP contribution is 2.27. The summed E-state index contributed by atoms with van der Waals surface area (Å²) in [5, 5.41) is 3.87. The van der Waals surface area contributed by atoms with E-state index in [-0.39, 0.29) is 11.8 Å². The molecule has 1 saturated heterocycles. The van der Waals surface area contributed by atoms with E-state index in [1.165, 1.54) is 6.33 Å². The van der Waals surface area contributed by atoms with E-state index >= 15 is 0 Å². The second-order valence-corrected chi connectivity index (χ2v) is 6.97. The Morgan fingerprint density at radius 1 is 1.25 bits per heavy atom. The van der Waals surface area contributed by atoms with E-state index in [2.05, 4.69) is 35.1 Å². The number of ether oxygens (including phenoxy) is 1. The van der Waals surface area contributed by atoms with Gasteiger partial charge in [-0.3, -0.25) is 4.79 Å². The Bertz CT molecular complexity index is 1010. The van der Waals surface area contributed by atoms with Crippen LogP contribution in [0.3, 0.4) is 0 Å². The summed E-state index contributed by atoms with van der Waals surface area (Å²) in [5.74, 6) is 1.65. The Morgan fingerprint density at radius 2 is 2.04 bits per heavy atom. The first-order valence-corrected chi connectivity index (χ1v) is 9.29. The molecule has 0 unspecified atom stereocenters. The van der Waals surface area contributed by atoms with E-state index in [0.717, 1.165) is 35.1 Å². The van der Waals surface area contributed by atoms with Crippen molar-refractivity contribution in [3.05, 3.63) is 29.8 Å². The molecule has 9 nitrogen and oxygen atoms in total. The number of nitrogens with one attached hydrogen (secondary N) is 2. The van der Waals surface area contributed by atoms with Crippen molar-refractivity contribution in [3.63, 3.8) is 0 Å². The first-order chi connectivity index (χ1) is 13.6. The van der Waals surface area contributed by atoms with Gasteiger partial charge in [-0.15, -0.1) is 0 Å². The fourth-order valence-corrected chi connectivity index (χ4v) is 3.55. The summed E-state index contributed by atoms with van der Waals surface area (Å²) in [7, 11) is 1.58. The Labute approximate surface area is 162 Å². The van der Waals surface area contributed by atoms with Crippen molar-refractivity contribution in [2.24, 2.45) is 5.92 Å². The van der Waals surface area contributed by atoms with Crippen LogP contribution in [0.25, 0.3) is 11.0 Å². The molecule has 1 aliphatic rings. The number of piperidine rings is 1. The predicted molar refractivity (Wildman–Crippen MR) is 106 cm³/mol. The lowest BCUT2D eigenvalue weighted by atomic mass is 9.96. The lowest BCUT2D eigenvalue weighted by Gasteiger charge is -2.31. The lowest BCUT2D eigenvalue weighted by Crippen LogP contribution is -2.39. The number of carbonyl (C=O) groups excluding carboxylic acids is 1. The van der Waals surface area contributed by atoms with Gasteiger partial charge in [0.1, 0.15) is 17.8 Å². The summed E-state index contributed by atoms with van der Waals surface area (Å²) in [6, 6.07) is 1.72. The summed E-state index contributed by atoms with van der Waals surface area (Å²) >= 11 is 0. The minimum atomic E-state index is -0.0767. The zero-order valence-electron chi connectivity index (χ0n) is 16.2. The minimum absolute atomic E-state index is 0.00976. The average Bonchev–Trinajstić information content (AvgIpc) is 3.03. The Kier molecular flexibility index (Phi) is 4.81. The molecule has 3 aromatic heterocycles. The summed E-state index contributed by atoms with van der Waals surface area (Å²) < 4.78 is 5.16. The number of methoxy groups -OCH3 is 1. The van der Waals surface area contributed by atoms with Crippen LogP contribution in [0.15, 0.2) is 18.6 Å². The van der Waals surface area contributed by atoms with Gasteiger partial charge in [-0.05, 0) is 32.3 Å². The Hall–Kier alpha value is -3.23. The Morgan fingerprint density at radius 3 is 2.79 bits per heavy atom. The van der Waals surface area contributed by atoms with Crippen molar-refractivity contribution in [3.8, 4) is 5.88 Å². The van der Waals surface area contributed by atoms with Crippen LogP contribution in [0.2, 0.25) is 0 Å². The van der Waals surface area contributed by atoms with Gasteiger partial charge < -0.3 is 19.9 Å². The van der Waals surface area contributed by atoms with Crippen LogP contribution in [0.4, 0.5) is 11.8 Å². The van der Waals surface area contributed by atoms with Crippen LogP contribution in [0.5, 0.6) is 5.88 Å². The maximum absolute atomic E-state index is 12.8. The third-order valence-electron chi connectivity index (χ3n) is 5.31. The molecular weight excluding hydrogens is 358 g/mol. The number of aromatic amines is 1. The first-order valence-electron chi connectivity index (χ1n) is 9.29. The molecule has 2 N–H and O–H groups in total. The fraction of sp³-hybridized carbons (Fsp3) is 0.421. The van der Waals surface area contributed by atoms with Gasteiger partial charge in [-0.2, -0.15) is 4.98 Å². The number of rotatable bonds is 4. The highest BCUT2D eigenvalue weighted by Gasteiger charge is 2.27. The minimum Gasteiger partial charge on any atom is -0.481 e. The number of anilines is 2. The number of aryl methyl sites for hydroxylation is 2. The number of hydrogen-bond donors (Lipinski definition) is 2. The molecule has 4 rings (SSSR count). The largest absolute Gasteiger partial charge is 0.481 e. The van der Waals surface area contributed by atoms with E-state index in [4.69, 9.17) is 4.74 Å². The fourth-order valence-electron chi connectivity index (χ4n) is 3.55. The number of nitrogens with zero attached hydrogens (tertiary/aromatic N) is 5. The van der Waals surface area contributed by atoms with Gasteiger partial charge in [0.25, 0.3) is 0 Å². The summed E-state index contributed by atoms with van der Waals surface area (Å²) in [5.41, 5.74) is 2.82. The molecule has 0 radical (unpaired) electrons. The third-order valence-corrected chi connectivity index (χ3v) is 5.31. The summed E-state index contributed by atoms with van der Waals surface area (Å²) in [6.45, 7) is 5.41. The zero-order chi connectivity index (χ0) is 19.7. The van der Waals surface area contributed by atoms with Crippen LogP contribution in [0, 0.1) is 19.8 Å². The van der Waals surface area contributed by atoms with Gasteiger partial charge in [-0.25, -0.2) is 15.0 Å². The number of aromatic nitrogens is 5. The molecule has 4 heterocycles. The van der Waals surface area contributed by atoms with Gasteiger partial charge in [0.2, 0.25) is 17.7 Å².